The van der Waals surface area contributed by atoms with Gasteiger partial charge in [-0.2, -0.15) is 0 Å². The zero-order valence-electron chi connectivity index (χ0n) is 18.9. The second-order valence-electron chi connectivity index (χ2n) is 8.55. The van der Waals surface area contributed by atoms with E-state index in [1.165, 1.54) is 20.9 Å². The molecule has 5 rings (SSSR count). The second kappa shape index (κ2) is 8.55. The number of ether oxygens (including phenoxy) is 1. The number of carbonyl (C=O) groups excluding carboxylic acids is 1. The summed E-state index contributed by atoms with van der Waals surface area (Å²) in [7, 11) is 0. The van der Waals surface area contributed by atoms with Gasteiger partial charge >= 0.3 is 5.97 Å². The SMILES string of the molecule is Cc1ccc2nc(COC(=O)C3CCN(c4ncnc5sc(C)c(C)c45)CC3)cc(=O)n2c1. The molecule has 5 heterocycles. The number of rotatable bonds is 4. The Kier molecular flexibility index (Phi) is 5.57. The maximum Gasteiger partial charge on any atom is 0.309 e. The number of fused-ring (bicyclic) bond motifs is 2. The third-order valence-electron chi connectivity index (χ3n) is 6.30. The molecule has 1 fully saturated rings. The van der Waals surface area contributed by atoms with Crippen molar-refractivity contribution >= 4 is 39.0 Å². The lowest BCUT2D eigenvalue weighted by atomic mass is 9.97. The van der Waals surface area contributed by atoms with E-state index in [4.69, 9.17) is 4.74 Å². The Hall–Kier alpha value is -3.33. The predicted octanol–water partition coefficient (Wildman–Crippen LogP) is 3.58. The Bertz CT molecular complexity index is 1420. The van der Waals surface area contributed by atoms with Crippen LogP contribution >= 0.6 is 11.3 Å². The molecular formula is C24H25N5O3S. The minimum atomic E-state index is -0.240. The number of carbonyl (C=O) groups is 1. The summed E-state index contributed by atoms with van der Waals surface area (Å²) in [4.78, 5) is 43.0. The molecule has 0 aromatic carbocycles. The molecule has 170 valence electrons. The summed E-state index contributed by atoms with van der Waals surface area (Å²) in [5, 5.41) is 1.12. The Labute approximate surface area is 194 Å². The molecule has 9 heteroatoms. The summed E-state index contributed by atoms with van der Waals surface area (Å²) < 4.78 is 7.03. The van der Waals surface area contributed by atoms with Crippen LogP contribution in [0.15, 0.2) is 35.5 Å². The van der Waals surface area contributed by atoms with Gasteiger partial charge in [0.1, 0.15) is 29.2 Å². The number of hydrogen-bond donors (Lipinski definition) is 0. The quantitative estimate of drug-likeness (QED) is 0.427. The largest absolute Gasteiger partial charge is 0.459 e. The van der Waals surface area contributed by atoms with E-state index in [-0.39, 0.29) is 24.1 Å². The lowest BCUT2D eigenvalue weighted by molar-refractivity contribution is -0.150. The number of anilines is 1. The van der Waals surface area contributed by atoms with E-state index in [0.717, 1.165) is 34.7 Å². The summed E-state index contributed by atoms with van der Waals surface area (Å²) in [6.07, 6.45) is 4.76. The number of nitrogens with zero attached hydrogens (tertiary/aromatic N) is 5. The number of hydrogen-bond acceptors (Lipinski definition) is 8. The van der Waals surface area contributed by atoms with Gasteiger partial charge < -0.3 is 9.64 Å². The second-order valence-corrected chi connectivity index (χ2v) is 9.75. The molecular weight excluding hydrogens is 438 g/mol. The molecule has 4 aromatic heterocycles. The van der Waals surface area contributed by atoms with Crippen molar-refractivity contribution < 1.29 is 9.53 Å². The highest BCUT2D eigenvalue weighted by atomic mass is 32.1. The van der Waals surface area contributed by atoms with Gasteiger partial charge in [0.05, 0.1) is 17.0 Å². The fourth-order valence-electron chi connectivity index (χ4n) is 4.33. The summed E-state index contributed by atoms with van der Waals surface area (Å²) in [6, 6.07) is 5.11. The van der Waals surface area contributed by atoms with Gasteiger partial charge in [0, 0.05) is 30.2 Å². The average Bonchev–Trinajstić information content (AvgIpc) is 3.11. The first kappa shape index (κ1) is 21.5. The lowest BCUT2D eigenvalue weighted by Crippen LogP contribution is -2.37. The first-order chi connectivity index (χ1) is 15.9. The van der Waals surface area contributed by atoms with Gasteiger partial charge in [0.2, 0.25) is 0 Å². The number of aryl methyl sites for hydroxylation is 3. The zero-order chi connectivity index (χ0) is 23.1. The van der Waals surface area contributed by atoms with Crippen molar-refractivity contribution in [2.24, 2.45) is 5.92 Å². The Morgan fingerprint density at radius 2 is 1.97 bits per heavy atom. The third-order valence-corrected chi connectivity index (χ3v) is 7.41. The summed E-state index contributed by atoms with van der Waals surface area (Å²) in [6.45, 7) is 7.60. The molecule has 4 aromatic rings. The van der Waals surface area contributed by atoms with Gasteiger partial charge in [-0.05, 0) is 50.8 Å². The van der Waals surface area contributed by atoms with Crippen molar-refractivity contribution in [3.63, 3.8) is 0 Å². The Morgan fingerprint density at radius 1 is 1.18 bits per heavy atom. The van der Waals surface area contributed by atoms with Crippen molar-refractivity contribution in [3.05, 3.63) is 62.8 Å². The highest BCUT2D eigenvalue weighted by Crippen LogP contribution is 2.35. The van der Waals surface area contributed by atoms with Gasteiger partial charge in [-0.3, -0.25) is 14.0 Å². The minimum Gasteiger partial charge on any atom is -0.459 e. The highest BCUT2D eigenvalue weighted by molar-refractivity contribution is 7.18. The van der Waals surface area contributed by atoms with E-state index in [0.29, 0.717) is 24.2 Å². The molecule has 0 N–H and O–H groups in total. The van der Waals surface area contributed by atoms with Crippen LogP contribution in [0.5, 0.6) is 0 Å². The maximum absolute atomic E-state index is 12.7. The van der Waals surface area contributed by atoms with E-state index in [2.05, 4.69) is 33.7 Å². The number of pyridine rings is 1. The van der Waals surface area contributed by atoms with Crippen molar-refractivity contribution in [3.8, 4) is 0 Å². The Morgan fingerprint density at radius 3 is 2.76 bits per heavy atom. The van der Waals surface area contributed by atoms with Crippen LogP contribution in [0.1, 0.15) is 34.5 Å². The topological polar surface area (TPSA) is 89.7 Å². The summed E-state index contributed by atoms with van der Waals surface area (Å²) >= 11 is 1.69. The van der Waals surface area contributed by atoms with Crippen molar-refractivity contribution in [1.29, 1.82) is 0 Å². The number of piperidine rings is 1. The van der Waals surface area contributed by atoms with Crippen molar-refractivity contribution in [2.75, 3.05) is 18.0 Å². The number of esters is 1. The van der Waals surface area contributed by atoms with Crippen LogP contribution in [0.4, 0.5) is 5.82 Å². The molecule has 0 unspecified atom stereocenters. The fourth-order valence-corrected chi connectivity index (χ4v) is 5.32. The highest BCUT2D eigenvalue weighted by Gasteiger charge is 2.28. The van der Waals surface area contributed by atoms with E-state index in [1.54, 1.807) is 29.9 Å². The predicted molar refractivity (Wildman–Crippen MR) is 128 cm³/mol. The molecule has 0 saturated carbocycles. The zero-order valence-corrected chi connectivity index (χ0v) is 19.7. The molecule has 1 saturated heterocycles. The smallest absolute Gasteiger partial charge is 0.309 e. The average molecular weight is 464 g/mol. The third kappa shape index (κ3) is 4.08. The van der Waals surface area contributed by atoms with Crippen LogP contribution in [0.2, 0.25) is 0 Å². The molecule has 0 radical (unpaired) electrons. The maximum atomic E-state index is 12.7. The molecule has 33 heavy (non-hydrogen) atoms. The van der Waals surface area contributed by atoms with E-state index >= 15 is 0 Å². The van der Waals surface area contributed by atoms with Gasteiger partial charge in [0.25, 0.3) is 5.56 Å². The van der Waals surface area contributed by atoms with E-state index < -0.39 is 0 Å². The molecule has 8 nitrogen and oxygen atoms in total. The molecule has 0 bridgehead atoms. The minimum absolute atomic E-state index is 0.00142. The molecule has 1 aliphatic heterocycles. The molecule has 0 aliphatic carbocycles. The van der Waals surface area contributed by atoms with Gasteiger partial charge in [0.15, 0.2) is 0 Å². The number of aromatic nitrogens is 4. The van der Waals surface area contributed by atoms with E-state index in [9.17, 15) is 9.59 Å². The summed E-state index contributed by atoms with van der Waals surface area (Å²) in [5.74, 6) is 0.536. The molecule has 0 amide bonds. The first-order valence-electron chi connectivity index (χ1n) is 11.0. The van der Waals surface area contributed by atoms with Crippen LogP contribution in [0.25, 0.3) is 15.9 Å². The van der Waals surface area contributed by atoms with E-state index in [1.807, 2.05) is 13.0 Å². The van der Waals surface area contributed by atoms with Crippen molar-refractivity contribution in [2.45, 2.75) is 40.2 Å². The van der Waals surface area contributed by atoms with Crippen LogP contribution in [-0.4, -0.2) is 38.4 Å². The van der Waals surface area contributed by atoms with Crippen LogP contribution < -0.4 is 10.5 Å². The standard InChI is InChI=1S/C24H25N5O3S/c1-14-4-5-19-27-18(10-20(30)29(19)11-14)12-32-24(31)17-6-8-28(9-7-17)22-21-15(2)16(3)33-23(21)26-13-25-22/h4-5,10-11,13,17H,6-9,12H2,1-3H3. The molecule has 0 spiro atoms. The molecule has 1 aliphatic rings. The Balaban J connectivity index is 1.23. The van der Waals surface area contributed by atoms with Gasteiger partial charge in [-0.15, -0.1) is 11.3 Å². The number of thiophene rings is 1. The summed E-state index contributed by atoms with van der Waals surface area (Å²) in [5.41, 5.74) is 3.02. The fraction of sp³-hybridized carbons (Fsp3) is 0.375. The normalized spacial score (nSPS) is 14.8. The first-order valence-corrected chi connectivity index (χ1v) is 11.8. The van der Waals surface area contributed by atoms with Crippen molar-refractivity contribution in [1.82, 2.24) is 19.4 Å². The lowest BCUT2D eigenvalue weighted by Gasteiger charge is -2.32. The molecule has 0 atom stereocenters. The van der Waals surface area contributed by atoms with Gasteiger partial charge in [-0.25, -0.2) is 15.0 Å². The monoisotopic (exact) mass is 463 g/mol. The van der Waals surface area contributed by atoms with Crippen LogP contribution in [0.3, 0.4) is 0 Å². The van der Waals surface area contributed by atoms with Crippen LogP contribution in [0, 0.1) is 26.7 Å². The van der Waals surface area contributed by atoms with Gasteiger partial charge in [-0.1, -0.05) is 6.07 Å². The van der Waals surface area contributed by atoms with Crippen LogP contribution in [-0.2, 0) is 16.1 Å².